The molecule has 0 saturated carbocycles. The van der Waals surface area contributed by atoms with Gasteiger partial charge in [-0.3, -0.25) is 0 Å². The standard InChI is InChI=1S/C52H30O2/c1-2-16-32-31(14-1)15-13-25-36(32)48-37-19-5-7-21-39(37)49(40-22-8-6-20-38(40)48)41-29-28-35(33-17-3-4-18-34(33)41)44-30-47-50(42-23-9-11-26-45(42)53-47)51-43-24-10-12-27-46(43)54-52(44)51/h1-30H. The van der Waals surface area contributed by atoms with E-state index in [0.29, 0.717) is 0 Å². The predicted molar refractivity (Wildman–Crippen MR) is 227 cm³/mol. The largest absolute Gasteiger partial charge is 0.456 e. The summed E-state index contributed by atoms with van der Waals surface area (Å²) in [5, 5.41) is 14.2. The molecule has 2 nitrogen and oxygen atoms in total. The second-order valence-electron chi connectivity index (χ2n) is 14.3. The van der Waals surface area contributed by atoms with Crippen LogP contribution in [0.2, 0.25) is 0 Å². The summed E-state index contributed by atoms with van der Waals surface area (Å²) in [5.74, 6) is 0. The molecule has 0 spiro atoms. The maximum Gasteiger partial charge on any atom is 0.144 e. The first-order chi connectivity index (χ1) is 26.8. The van der Waals surface area contributed by atoms with Crippen molar-refractivity contribution in [3.8, 4) is 33.4 Å². The maximum absolute atomic E-state index is 6.79. The van der Waals surface area contributed by atoms with E-state index in [1.54, 1.807) is 0 Å². The number of rotatable bonds is 3. The second-order valence-corrected chi connectivity index (χ2v) is 14.3. The minimum absolute atomic E-state index is 0.861. The summed E-state index contributed by atoms with van der Waals surface area (Å²) in [5.41, 5.74) is 10.6. The Morgan fingerprint density at radius 3 is 1.35 bits per heavy atom. The Morgan fingerprint density at radius 1 is 0.259 bits per heavy atom. The lowest BCUT2D eigenvalue weighted by molar-refractivity contribution is 0.664. The molecule has 0 radical (unpaired) electrons. The fraction of sp³-hybridized carbons (Fsp3) is 0. The van der Waals surface area contributed by atoms with Crippen LogP contribution in [0.3, 0.4) is 0 Å². The third kappa shape index (κ3) is 4.05. The molecule has 54 heavy (non-hydrogen) atoms. The molecular formula is C52H30O2. The van der Waals surface area contributed by atoms with E-state index in [4.69, 9.17) is 8.83 Å². The minimum atomic E-state index is 0.861. The molecule has 0 atom stereocenters. The first-order valence-electron chi connectivity index (χ1n) is 18.5. The lowest BCUT2D eigenvalue weighted by Crippen LogP contribution is -1.93. The van der Waals surface area contributed by atoms with Crippen molar-refractivity contribution in [2.75, 3.05) is 0 Å². The quantitative estimate of drug-likeness (QED) is 0.173. The molecule has 0 aliphatic carbocycles. The van der Waals surface area contributed by atoms with Crippen molar-refractivity contribution in [3.05, 3.63) is 182 Å². The molecule has 250 valence electrons. The van der Waals surface area contributed by atoms with E-state index < -0.39 is 0 Å². The van der Waals surface area contributed by atoms with Crippen LogP contribution >= 0.6 is 0 Å². The first kappa shape index (κ1) is 29.4. The summed E-state index contributed by atoms with van der Waals surface area (Å²) >= 11 is 0. The fourth-order valence-corrected chi connectivity index (χ4v) is 9.21. The molecule has 12 rings (SSSR count). The lowest BCUT2D eigenvalue weighted by Gasteiger charge is -2.20. The lowest BCUT2D eigenvalue weighted by atomic mass is 9.83. The second kappa shape index (κ2) is 11.2. The van der Waals surface area contributed by atoms with Gasteiger partial charge in [0.1, 0.15) is 22.3 Å². The highest BCUT2D eigenvalue weighted by Gasteiger charge is 2.23. The Bertz CT molecular complexity index is 3440. The van der Waals surface area contributed by atoms with Crippen LogP contribution in [0.4, 0.5) is 0 Å². The van der Waals surface area contributed by atoms with Crippen molar-refractivity contribution < 1.29 is 8.83 Å². The highest BCUT2D eigenvalue weighted by Crippen LogP contribution is 2.49. The van der Waals surface area contributed by atoms with Crippen LogP contribution in [-0.2, 0) is 0 Å². The van der Waals surface area contributed by atoms with Gasteiger partial charge in [0.25, 0.3) is 0 Å². The summed E-state index contributed by atoms with van der Waals surface area (Å²) in [4.78, 5) is 0. The average Bonchev–Trinajstić information content (AvgIpc) is 3.81. The van der Waals surface area contributed by atoms with Gasteiger partial charge in [0.15, 0.2) is 0 Å². The van der Waals surface area contributed by atoms with Crippen molar-refractivity contribution >= 4 is 87.0 Å². The molecule has 0 aliphatic rings. The molecule has 0 N–H and O–H groups in total. The van der Waals surface area contributed by atoms with Crippen LogP contribution in [0.5, 0.6) is 0 Å². The Labute approximate surface area is 310 Å². The zero-order valence-electron chi connectivity index (χ0n) is 29.1. The number of benzene rings is 10. The predicted octanol–water partition coefficient (Wildman–Crippen LogP) is 15.1. The number of hydrogen-bond acceptors (Lipinski definition) is 2. The Hall–Kier alpha value is -7.16. The van der Waals surface area contributed by atoms with Crippen LogP contribution in [0.25, 0.3) is 120 Å². The van der Waals surface area contributed by atoms with Gasteiger partial charge in [-0.1, -0.05) is 164 Å². The van der Waals surface area contributed by atoms with Gasteiger partial charge in [-0.25, -0.2) is 0 Å². The summed E-state index contributed by atoms with van der Waals surface area (Å²) in [6, 6.07) is 65.5. The third-order valence-electron chi connectivity index (χ3n) is 11.5. The van der Waals surface area contributed by atoms with E-state index in [9.17, 15) is 0 Å². The molecule has 0 amide bonds. The molecule has 0 unspecified atom stereocenters. The molecule has 0 saturated heterocycles. The molecule has 0 aliphatic heterocycles. The van der Waals surface area contributed by atoms with Gasteiger partial charge in [0, 0.05) is 27.1 Å². The van der Waals surface area contributed by atoms with Gasteiger partial charge in [0.05, 0.1) is 0 Å². The topological polar surface area (TPSA) is 26.3 Å². The van der Waals surface area contributed by atoms with Crippen molar-refractivity contribution in [2.24, 2.45) is 0 Å². The van der Waals surface area contributed by atoms with Gasteiger partial charge >= 0.3 is 0 Å². The van der Waals surface area contributed by atoms with E-state index in [-0.39, 0.29) is 0 Å². The van der Waals surface area contributed by atoms with E-state index >= 15 is 0 Å². The summed E-state index contributed by atoms with van der Waals surface area (Å²) in [6.07, 6.45) is 0. The number of furan rings is 2. The molecular weight excluding hydrogens is 657 g/mol. The molecule has 0 bridgehead atoms. The smallest absolute Gasteiger partial charge is 0.144 e. The maximum atomic E-state index is 6.79. The van der Waals surface area contributed by atoms with Crippen molar-refractivity contribution in [1.82, 2.24) is 0 Å². The van der Waals surface area contributed by atoms with Gasteiger partial charge in [-0.15, -0.1) is 0 Å². The van der Waals surface area contributed by atoms with Gasteiger partial charge < -0.3 is 8.83 Å². The Kier molecular flexibility index (Phi) is 6.09. The fourth-order valence-electron chi connectivity index (χ4n) is 9.21. The zero-order chi connectivity index (χ0) is 35.3. The molecule has 2 heterocycles. The molecule has 10 aromatic carbocycles. The van der Waals surface area contributed by atoms with Gasteiger partial charge in [-0.05, 0) is 89.1 Å². The van der Waals surface area contributed by atoms with Crippen LogP contribution in [-0.4, -0.2) is 0 Å². The monoisotopic (exact) mass is 686 g/mol. The van der Waals surface area contributed by atoms with E-state index in [1.807, 2.05) is 18.2 Å². The van der Waals surface area contributed by atoms with Gasteiger partial charge in [-0.2, -0.15) is 0 Å². The third-order valence-corrected chi connectivity index (χ3v) is 11.5. The van der Waals surface area contributed by atoms with E-state index in [1.165, 1.54) is 65.3 Å². The zero-order valence-corrected chi connectivity index (χ0v) is 29.1. The molecule has 12 aromatic rings. The van der Waals surface area contributed by atoms with E-state index in [2.05, 4.69) is 164 Å². The van der Waals surface area contributed by atoms with E-state index in [0.717, 1.165) is 55.0 Å². The highest BCUT2D eigenvalue weighted by atomic mass is 16.3. The Morgan fingerprint density at radius 2 is 0.704 bits per heavy atom. The number of hydrogen-bond donors (Lipinski definition) is 0. The van der Waals surface area contributed by atoms with Crippen molar-refractivity contribution in [2.45, 2.75) is 0 Å². The van der Waals surface area contributed by atoms with Crippen LogP contribution < -0.4 is 0 Å². The normalized spacial score (nSPS) is 12.1. The Balaban J connectivity index is 1.18. The summed E-state index contributed by atoms with van der Waals surface area (Å²) < 4.78 is 13.4. The minimum Gasteiger partial charge on any atom is -0.456 e. The van der Waals surface area contributed by atoms with Crippen molar-refractivity contribution in [1.29, 1.82) is 0 Å². The first-order valence-corrected chi connectivity index (χ1v) is 18.5. The van der Waals surface area contributed by atoms with Crippen LogP contribution in [0.1, 0.15) is 0 Å². The summed E-state index contributed by atoms with van der Waals surface area (Å²) in [7, 11) is 0. The van der Waals surface area contributed by atoms with Crippen LogP contribution in [0, 0.1) is 0 Å². The van der Waals surface area contributed by atoms with Gasteiger partial charge in [0.2, 0.25) is 0 Å². The van der Waals surface area contributed by atoms with Crippen molar-refractivity contribution in [3.63, 3.8) is 0 Å². The summed E-state index contributed by atoms with van der Waals surface area (Å²) in [6.45, 7) is 0. The molecule has 2 heteroatoms. The highest BCUT2D eigenvalue weighted by molar-refractivity contribution is 6.30. The van der Waals surface area contributed by atoms with Crippen LogP contribution in [0.15, 0.2) is 191 Å². The molecule has 2 aromatic heterocycles. The SMILES string of the molecule is c1ccc2c(-c3c4ccccc4c(-c4ccc(-c5cc6oc7ccccc7c6c6c5oc5ccccc56)c5ccccc45)c4ccccc34)cccc2c1. The molecule has 0 fully saturated rings. The number of fused-ring (bicyclic) bond motifs is 11. The average molecular weight is 687 g/mol. The number of para-hydroxylation sites is 2.